The van der Waals surface area contributed by atoms with E-state index in [1.807, 2.05) is 5.51 Å². The molecular formula is C14H22N2O2S. The zero-order chi connectivity index (χ0) is 13.3. The summed E-state index contributed by atoms with van der Waals surface area (Å²) in [6, 6.07) is 0. The second-order valence-electron chi connectivity index (χ2n) is 5.69. The van der Waals surface area contributed by atoms with E-state index in [-0.39, 0.29) is 5.60 Å². The third-order valence-corrected chi connectivity index (χ3v) is 5.41. The van der Waals surface area contributed by atoms with Crippen molar-refractivity contribution in [2.75, 3.05) is 26.8 Å². The first-order valence-electron chi connectivity index (χ1n) is 6.99. The molecule has 3 heterocycles. The molecule has 19 heavy (non-hydrogen) atoms. The minimum Gasteiger partial charge on any atom is -0.379 e. The van der Waals surface area contributed by atoms with Crippen LogP contribution in [0.2, 0.25) is 0 Å². The molecule has 2 aliphatic rings. The molecule has 5 heteroatoms. The van der Waals surface area contributed by atoms with Crippen LogP contribution in [0.5, 0.6) is 0 Å². The van der Waals surface area contributed by atoms with E-state index in [4.69, 9.17) is 9.47 Å². The molecule has 1 spiro atoms. The van der Waals surface area contributed by atoms with Crippen molar-refractivity contribution >= 4 is 11.3 Å². The Kier molecular flexibility index (Phi) is 3.89. The molecule has 3 rings (SSSR count). The molecule has 0 aliphatic carbocycles. The van der Waals surface area contributed by atoms with Crippen molar-refractivity contribution in [2.24, 2.45) is 0 Å². The van der Waals surface area contributed by atoms with Crippen molar-refractivity contribution < 1.29 is 9.47 Å². The smallest absolute Gasteiger partial charge is 0.0832 e. The normalized spacial score (nSPS) is 27.2. The fourth-order valence-corrected chi connectivity index (χ4v) is 3.92. The number of thiazole rings is 1. The van der Waals surface area contributed by atoms with Crippen LogP contribution >= 0.6 is 11.3 Å². The predicted molar refractivity (Wildman–Crippen MR) is 75.5 cm³/mol. The SMILES string of the molecule is COC1COC2(CCN(Cc3scnc3C)CC2)C1. The van der Waals surface area contributed by atoms with Gasteiger partial charge in [-0.2, -0.15) is 0 Å². The number of nitrogens with zero attached hydrogens (tertiary/aromatic N) is 2. The van der Waals surface area contributed by atoms with Crippen LogP contribution in [-0.4, -0.2) is 48.4 Å². The van der Waals surface area contributed by atoms with Gasteiger partial charge in [-0.1, -0.05) is 0 Å². The van der Waals surface area contributed by atoms with Crippen LogP contribution < -0.4 is 0 Å². The third-order valence-electron chi connectivity index (χ3n) is 4.49. The van der Waals surface area contributed by atoms with Gasteiger partial charge in [-0.05, 0) is 19.8 Å². The number of rotatable bonds is 3. The van der Waals surface area contributed by atoms with Crippen molar-refractivity contribution in [3.05, 3.63) is 16.1 Å². The highest BCUT2D eigenvalue weighted by Gasteiger charge is 2.42. The number of methoxy groups -OCH3 is 1. The second-order valence-corrected chi connectivity index (χ2v) is 6.63. The van der Waals surface area contributed by atoms with Crippen LogP contribution in [0, 0.1) is 6.92 Å². The highest BCUT2D eigenvalue weighted by Crippen LogP contribution is 2.37. The van der Waals surface area contributed by atoms with Gasteiger partial charge in [0.1, 0.15) is 0 Å². The highest BCUT2D eigenvalue weighted by molar-refractivity contribution is 7.09. The van der Waals surface area contributed by atoms with E-state index in [1.165, 1.54) is 10.6 Å². The van der Waals surface area contributed by atoms with E-state index in [2.05, 4.69) is 16.8 Å². The van der Waals surface area contributed by atoms with E-state index < -0.39 is 0 Å². The maximum Gasteiger partial charge on any atom is 0.0832 e. The van der Waals surface area contributed by atoms with Crippen LogP contribution in [0.3, 0.4) is 0 Å². The molecule has 1 aromatic rings. The number of hydrogen-bond acceptors (Lipinski definition) is 5. The number of hydrogen-bond donors (Lipinski definition) is 0. The van der Waals surface area contributed by atoms with Crippen LogP contribution in [-0.2, 0) is 16.0 Å². The Morgan fingerprint density at radius 3 is 2.89 bits per heavy atom. The summed E-state index contributed by atoms with van der Waals surface area (Å²) in [5, 5.41) is 0. The quantitative estimate of drug-likeness (QED) is 0.851. The minimum absolute atomic E-state index is 0.0971. The average molecular weight is 282 g/mol. The monoisotopic (exact) mass is 282 g/mol. The van der Waals surface area contributed by atoms with Crippen molar-refractivity contribution in [2.45, 2.75) is 44.4 Å². The molecule has 0 bridgehead atoms. The van der Waals surface area contributed by atoms with Crippen molar-refractivity contribution in [1.29, 1.82) is 0 Å². The van der Waals surface area contributed by atoms with E-state index in [0.717, 1.165) is 45.5 Å². The molecule has 1 atom stereocenters. The average Bonchev–Trinajstić information content (AvgIpc) is 3.01. The Bertz CT molecular complexity index is 427. The number of ether oxygens (including phenoxy) is 2. The van der Waals surface area contributed by atoms with Gasteiger partial charge < -0.3 is 9.47 Å². The predicted octanol–water partition coefficient (Wildman–Crippen LogP) is 2.22. The van der Waals surface area contributed by atoms with Crippen LogP contribution in [0.4, 0.5) is 0 Å². The Balaban J connectivity index is 1.54. The van der Waals surface area contributed by atoms with Gasteiger partial charge >= 0.3 is 0 Å². The summed E-state index contributed by atoms with van der Waals surface area (Å²) in [6.45, 7) is 6.15. The highest BCUT2D eigenvalue weighted by atomic mass is 32.1. The molecule has 0 saturated carbocycles. The first-order chi connectivity index (χ1) is 9.21. The lowest BCUT2D eigenvalue weighted by Crippen LogP contribution is -2.43. The summed E-state index contributed by atoms with van der Waals surface area (Å²) in [4.78, 5) is 8.25. The summed E-state index contributed by atoms with van der Waals surface area (Å²) in [6.07, 6.45) is 3.63. The van der Waals surface area contributed by atoms with Crippen molar-refractivity contribution in [3.8, 4) is 0 Å². The maximum absolute atomic E-state index is 6.03. The van der Waals surface area contributed by atoms with Gasteiger partial charge in [-0.15, -0.1) is 11.3 Å². The molecule has 0 amide bonds. The minimum atomic E-state index is 0.0971. The Labute approximate surface area is 118 Å². The van der Waals surface area contributed by atoms with Gasteiger partial charge in [0, 0.05) is 38.0 Å². The number of aromatic nitrogens is 1. The fraction of sp³-hybridized carbons (Fsp3) is 0.786. The summed E-state index contributed by atoms with van der Waals surface area (Å²) < 4.78 is 11.5. The summed E-state index contributed by atoms with van der Waals surface area (Å²) in [7, 11) is 1.79. The number of likely N-dealkylation sites (tertiary alicyclic amines) is 1. The van der Waals surface area contributed by atoms with Crippen LogP contribution in [0.1, 0.15) is 29.8 Å². The summed E-state index contributed by atoms with van der Waals surface area (Å²) in [5.74, 6) is 0. The largest absolute Gasteiger partial charge is 0.379 e. The van der Waals surface area contributed by atoms with Crippen LogP contribution in [0.25, 0.3) is 0 Å². The maximum atomic E-state index is 6.03. The molecule has 0 N–H and O–H groups in total. The van der Waals surface area contributed by atoms with E-state index in [0.29, 0.717) is 6.10 Å². The molecule has 2 saturated heterocycles. The molecular weight excluding hydrogens is 260 g/mol. The van der Waals surface area contributed by atoms with Gasteiger partial charge in [-0.3, -0.25) is 4.90 Å². The number of aryl methyl sites for hydroxylation is 1. The first-order valence-corrected chi connectivity index (χ1v) is 7.87. The second kappa shape index (κ2) is 5.48. The van der Waals surface area contributed by atoms with Gasteiger partial charge in [0.25, 0.3) is 0 Å². The zero-order valence-corrected chi connectivity index (χ0v) is 12.5. The van der Waals surface area contributed by atoms with Gasteiger partial charge in [0.05, 0.1) is 29.5 Å². The Hall–Kier alpha value is -0.490. The number of piperidine rings is 1. The van der Waals surface area contributed by atoms with Crippen molar-refractivity contribution in [1.82, 2.24) is 9.88 Å². The molecule has 2 aliphatic heterocycles. The molecule has 4 nitrogen and oxygen atoms in total. The van der Waals surface area contributed by atoms with Gasteiger partial charge in [0.2, 0.25) is 0 Å². The zero-order valence-electron chi connectivity index (χ0n) is 11.7. The molecule has 2 fully saturated rings. The van der Waals surface area contributed by atoms with Crippen molar-refractivity contribution in [3.63, 3.8) is 0 Å². The van der Waals surface area contributed by atoms with Crippen LogP contribution in [0.15, 0.2) is 5.51 Å². The first kappa shape index (κ1) is 13.5. The standard InChI is InChI=1S/C14H22N2O2S/c1-11-13(19-10-15-11)8-16-5-3-14(4-6-16)7-12(17-2)9-18-14/h10,12H,3-9H2,1-2H3. The summed E-state index contributed by atoms with van der Waals surface area (Å²) >= 11 is 1.77. The molecule has 0 aromatic carbocycles. The molecule has 0 radical (unpaired) electrons. The van der Waals surface area contributed by atoms with E-state index in [9.17, 15) is 0 Å². The van der Waals surface area contributed by atoms with Gasteiger partial charge in [-0.25, -0.2) is 4.98 Å². The lowest BCUT2D eigenvalue weighted by Gasteiger charge is -2.38. The third kappa shape index (κ3) is 2.84. The fourth-order valence-electron chi connectivity index (χ4n) is 3.10. The molecule has 1 unspecified atom stereocenters. The van der Waals surface area contributed by atoms with Gasteiger partial charge in [0.15, 0.2) is 0 Å². The van der Waals surface area contributed by atoms with E-state index >= 15 is 0 Å². The Morgan fingerprint density at radius 1 is 1.53 bits per heavy atom. The Morgan fingerprint density at radius 2 is 2.32 bits per heavy atom. The lowest BCUT2D eigenvalue weighted by atomic mass is 9.88. The lowest BCUT2D eigenvalue weighted by molar-refractivity contribution is -0.0459. The molecule has 106 valence electrons. The summed E-state index contributed by atoms with van der Waals surface area (Å²) in [5.41, 5.74) is 3.22. The molecule has 1 aromatic heterocycles. The van der Waals surface area contributed by atoms with E-state index in [1.54, 1.807) is 18.4 Å². The topological polar surface area (TPSA) is 34.6 Å².